The van der Waals surface area contributed by atoms with Crippen molar-refractivity contribution >= 4 is 11.9 Å². The van der Waals surface area contributed by atoms with Crippen molar-refractivity contribution in [2.75, 3.05) is 13.2 Å². The van der Waals surface area contributed by atoms with Gasteiger partial charge in [0.25, 0.3) is 0 Å². The molecule has 0 atom stereocenters. The third-order valence-corrected chi connectivity index (χ3v) is 2.02. The summed E-state index contributed by atoms with van der Waals surface area (Å²) in [6, 6.07) is 0. The largest absolute Gasteiger partial charge is 0.456 e. The maximum atomic E-state index is 11.0. The van der Waals surface area contributed by atoms with Crippen LogP contribution in [0.5, 0.6) is 0 Å². The van der Waals surface area contributed by atoms with Gasteiger partial charge in [-0.15, -0.1) is 0 Å². The lowest BCUT2D eigenvalue weighted by Crippen LogP contribution is -2.05. The molecule has 0 heterocycles. The molecule has 0 aromatic carbocycles. The number of carbonyl (C=O) groups is 2. The molecule has 0 rings (SSSR count). The van der Waals surface area contributed by atoms with Crippen molar-refractivity contribution in [2.45, 2.75) is 46.0 Å². The molecule has 0 aliphatic heterocycles. The highest BCUT2D eigenvalue weighted by atomic mass is 16.5. The SMILES string of the molecule is CCCCCCCOC(=O)C#CC(=O)OCC. The quantitative estimate of drug-likeness (QED) is 0.296. The molecule has 0 saturated heterocycles. The highest BCUT2D eigenvalue weighted by Crippen LogP contribution is 2.02. The first kappa shape index (κ1) is 15.5. The normalized spacial score (nSPS) is 9.06. The average Bonchev–Trinajstić information content (AvgIpc) is 2.31. The minimum atomic E-state index is -0.701. The van der Waals surface area contributed by atoms with Crippen molar-refractivity contribution in [3.05, 3.63) is 0 Å². The fourth-order valence-electron chi connectivity index (χ4n) is 1.18. The fourth-order valence-corrected chi connectivity index (χ4v) is 1.18. The smallest absolute Gasteiger partial charge is 0.384 e. The van der Waals surface area contributed by atoms with Crippen LogP contribution in [0.3, 0.4) is 0 Å². The van der Waals surface area contributed by atoms with Crippen LogP contribution in [0.25, 0.3) is 0 Å². The van der Waals surface area contributed by atoms with Gasteiger partial charge in [-0.1, -0.05) is 32.6 Å². The molecule has 0 amide bonds. The zero-order valence-electron chi connectivity index (χ0n) is 10.6. The van der Waals surface area contributed by atoms with E-state index in [4.69, 9.17) is 4.74 Å². The Kier molecular flexibility index (Phi) is 10.0. The number of unbranched alkanes of at least 4 members (excludes halogenated alkanes) is 4. The maximum absolute atomic E-state index is 11.0. The van der Waals surface area contributed by atoms with E-state index in [0.29, 0.717) is 6.61 Å². The Balaban J connectivity index is 3.55. The molecule has 0 aliphatic carbocycles. The Bertz CT molecular complexity index is 286. The highest BCUT2D eigenvalue weighted by Gasteiger charge is 1.99. The zero-order chi connectivity index (χ0) is 12.9. The lowest BCUT2D eigenvalue weighted by Gasteiger charge is -2.00. The summed E-state index contributed by atoms with van der Waals surface area (Å²) in [6.45, 7) is 4.43. The average molecular weight is 240 g/mol. The van der Waals surface area contributed by atoms with E-state index in [9.17, 15) is 9.59 Å². The lowest BCUT2D eigenvalue weighted by atomic mass is 10.2. The maximum Gasteiger partial charge on any atom is 0.384 e. The predicted octanol–water partition coefficient (Wildman–Crippen LogP) is 2.07. The van der Waals surface area contributed by atoms with Gasteiger partial charge in [-0.2, -0.15) is 0 Å². The first-order valence-corrected chi connectivity index (χ1v) is 6.06. The Morgan fingerprint density at radius 1 is 0.882 bits per heavy atom. The van der Waals surface area contributed by atoms with Crippen LogP contribution in [0.2, 0.25) is 0 Å². The molecule has 0 spiro atoms. The van der Waals surface area contributed by atoms with Gasteiger partial charge in [-0.05, 0) is 13.3 Å². The molecule has 0 N–H and O–H groups in total. The molecular weight excluding hydrogens is 220 g/mol. The second kappa shape index (κ2) is 11.0. The van der Waals surface area contributed by atoms with Gasteiger partial charge in [-0.3, -0.25) is 0 Å². The second-order valence-electron chi connectivity index (χ2n) is 3.52. The van der Waals surface area contributed by atoms with Gasteiger partial charge in [0.15, 0.2) is 0 Å². The van der Waals surface area contributed by atoms with Crippen molar-refractivity contribution < 1.29 is 19.1 Å². The number of hydrogen-bond acceptors (Lipinski definition) is 4. The predicted molar refractivity (Wildman–Crippen MR) is 64.1 cm³/mol. The molecule has 17 heavy (non-hydrogen) atoms. The summed E-state index contributed by atoms with van der Waals surface area (Å²) in [4.78, 5) is 21.8. The first-order chi connectivity index (χ1) is 8.20. The Morgan fingerprint density at radius 3 is 2.06 bits per heavy atom. The molecule has 0 saturated carbocycles. The lowest BCUT2D eigenvalue weighted by molar-refractivity contribution is -0.138. The van der Waals surface area contributed by atoms with Crippen molar-refractivity contribution in [3.8, 4) is 11.8 Å². The van der Waals surface area contributed by atoms with Gasteiger partial charge in [0.05, 0.1) is 13.2 Å². The van der Waals surface area contributed by atoms with Crippen LogP contribution in [0.1, 0.15) is 46.0 Å². The number of hydrogen-bond donors (Lipinski definition) is 0. The van der Waals surface area contributed by atoms with Crippen molar-refractivity contribution in [2.24, 2.45) is 0 Å². The van der Waals surface area contributed by atoms with Crippen LogP contribution in [-0.2, 0) is 19.1 Å². The van der Waals surface area contributed by atoms with Gasteiger partial charge in [-0.25, -0.2) is 9.59 Å². The molecule has 0 fully saturated rings. The number of rotatable bonds is 7. The molecular formula is C13H20O4. The summed E-state index contributed by atoms with van der Waals surface area (Å²) in [5, 5.41) is 0. The molecule has 0 unspecified atom stereocenters. The van der Waals surface area contributed by atoms with E-state index in [-0.39, 0.29) is 6.61 Å². The van der Waals surface area contributed by atoms with Gasteiger partial charge in [0, 0.05) is 11.8 Å². The highest BCUT2D eigenvalue weighted by molar-refractivity contribution is 5.98. The fraction of sp³-hybridized carbons (Fsp3) is 0.692. The van der Waals surface area contributed by atoms with Crippen LogP contribution in [0.15, 0.2) is 0 Å². The van der Waals surface area contributed by atoms with E-state index in [1.807, 2.05) is 0 Å². The van der Waals surface area contributed by atoms with Crippen molar-refractivity contribution in [1.82, 2.24) is 0 Å². The standard InChI is InChI=1S/C13H20O4/c1-3-5-6-7-8-11-17-13(15)10-9-12(14)16-4-2/h3-8,11H2,1-2H3. The summed E-state index contributed by atoms with van der Waals surface area (Å²) >= 11 is 0. The van der Waals surface area contributed by atoms with E-state index in [1.165, 1.54) is 12.8 Å². The van der Waals surface area contributed by atoms with Crippen LogP contribution >= 0.6 is 0 Å². The van der Waals surface area contributed by atoms with E-state index in [0.717, 1.165) is 19.3 Å². The first-order valence-electron chi connectivity index (χ1n) is 6.06. The molecule has 4 nitrogen and oxygen atoms in total. The van der Waals surface area contributed by atoms with E-state index in [2.05, 4.69) is 23.5 Å². The van der Waals surface area contributed by atoms with E-state index >= 15 is 0 Å². The minimum absolute atomic E-state index is 0.250. The van der Waals surface area contributed by atoms with Crippen LogP contribution in [-0.4, -0.2) is 25.2 Å². The van der Waals surface area contributed by atoms with E-state index in [1.54, 1.807) is 6.92 Å². The van der Waals surface area contributed by atoms with Crippen molar-refractivity contribution in [1.29, 1.82) is 0 Å². The van der Waals surface area contributed by atoms with Crippen LogP contribution < -0.4 is 0 Å². The summed E-state index contributed by atoms with van der Waals surface area (Å²) in [5.41, 5.74) is 0. The molecule has 0 aliphatic rings. The minimum Gasteiger partial charge on any atom is -0.456 e. The summed E-state index contributed by atoms with van der Waals surface area (Å²) in [7, 11) is 0. The van der Waals surface area contributed by atoms with Gasteiger partial charge >= 0.3 is 11.9 Å². The Hall–Kier alpha value is -1.50. The zero-order valence-corrected chi connectivity index (χ0v) is 10.6. The third-order valence-electron chi connectivity index (χ3n) is 2.02. The van der Waals surface area contributed by atoms with Gasteiger partial charge in [0.2, 0.25) is 0 Å². The second-order valence-corrected chi connectivity index (χ2v) is 3.52. The summed E-state index contributed by atoms with van der Waals surface area (Å²) < 4.78 is 9.37. The number of esters is 2. The van der Waals surface area contributed by atoms with E-state index < -0.39 is 11.9 Å². The molecule has 0 aromatic heterocycles. The number of ether oxygens (including phenoxy) is 2. The van der Waals surface area contributed by atoms with Crippen LogP contribution in [0.4, 0.5) is 0 Å². The Morgan fingerprint density at radius 2 is 1.47 bits per heavy atom. The number of carbonyl (C=O) groups excluding carboxylic acids is 2. The summed E-state index contributed by atoms with van der Waals surface area (Å²) in [5.74, 6) is 2.77. The Labute approximate surface area is 103 Å². The van der Waals surface area contributed by atoms with Crippen molar-refractivity contribution in [3.63, 3.8) is 0 Å². The summed E-state index contributed by atoms with van der Waals surface area (Å²) in [6.07, 6.45) is 5.43. The molecule has 0 aromatic rings. The van der Waals surface area contributed by atoms with Crippen LogP contribution in [0, 0.1) is 11.8 Å². The monoisotopic (exact) mass is 240 g/mol. The molecule has 0 bridgehead atoms. The molecule has 4 heteroatoms. The van der Waals surface area contributed by atoms with Gasteiger partial charge < -0.3 is 9.47 Å². The molecule has 0 radical (unpaired) electrons. The third kappa shape index (κ3) is 10.8. The van der Waals surface area contributed by atoms with Gasteiger partial charge in [0.1, 0.15) is 0 Å². The topological polar surface area (TPSA) is 52.6 Å². The molecule has 96 valence electrons.